The smallest absolute Gasteiger partial charge is 0.243 e. The quantitative estimate of drug-likeness (QED) is 0.365. The van der Waals surface area contributed by atoms with Crippen LogP contribution in [-0.4, -0.2) is 32.6 Å². The molecule has 7 nitrogen and oxygen atoms in total. The summed E-state index contributed by atoms with van der Waals surface area (Å²) in [6.07, 6.45) is 3.66. The summed E-state index contributed by atoms with van der Waals surface area (Å²) in [5.41, 5.74) is 8.53. The first-order valence-corrected chi connectivity index (χ1v) is 6.41. The van der Waals surface area contributed by atoms with Crippen LogP contribution in [0.3, 0.4) is 0 Å². The van der Waals surface area contributed by atoms with E-state index in [4.69, 9.17) is 15.7 Å². The van der Waals surface area contributed by atoms with E-state index in [1.165, 1.54) is 12.4 Å². The van der Waals surface area contributed by atoms with E-state index in [0.717, 1.165) is 17.0 Å². The molecule has 0 unspecified atom stereocenters. The lowest BCUT2D eigenvalue weighted by Gasteiger charge is -2.07. The third-order valence-electron chi connectivity index (χ3n) is 2.43. The molecule has 0 aliphatic heterocycles. The highest BCUT2D eigenvalue weighted by atomic mass is 32.1. The number of aromatic nitrogens is 3. The van der Waals surface area contributed by atoms with E-state index < -0.39 is 0 Å². The number of oxime groups is 1. The molecule has 2 heterocycles. The van der Waals surface area contributed by atoms with Gasteiger partial charge in [-0.2, -0.15) is 0 Å². The number of rotatable bonds is 5. The Kier molecular flexibility index (Phi) is 4.24. The molecule has 0 aliphatic carbocycles. The summed E-state index contributed by atoms with van der Waals surface area (Å²) in [6.45, 7) is 2.38. The minimum Gasteiger partial charge on any atom is -0.476 e. The van der Waals surface area contributed by atoms with E-state index in [2.05, 4.69) is 20.1 Å². The first kappa shape index (κ1) is 13.2. The number of thiazole rings is 1. The van der Waals surface area contributed by atoms with Crippen LogP contribution in [-0.2, 0) is 6.42 Å². The Hall–Kier alpha value is -2.22. The topological polar surface area (TPSA) is 107 Å². The number of hydrogen-bond acceptors (Lipinski definition) is 7. The molecule has 0 bridgehead atoms. The largest absolute Gasteiger partial charge is 0.476 e. The van der Waals surface area contributed by atoms with Gasteiger partial charge in [0.05, 0.1) is 17.8 Å². The monoisotopic (exact) mass is 279 g/mol. The molecule has 0 aliphatic rings. The van der Waals surface area contributed by atoms with Crippen molar-refractivity contribution >= 4 is 17.2 Å². The van der Waals surface area contributed by atoms with Crippen LogP contribution in [0, 0.1) is 6.92 Å². The lowest BCUT2D eigenvalue weighted by molar-refractivity contribution is 0.304. The van der Waals surface area contributed by atoms with Gasteiger partial charge in [-0.1, -0.05) is 5.16 Å². The van der Waals surface area contributed by atoms with E-state index in [1.807, 2.05) is 6.92 Å². The molecule has 0 aromatic carbocycles. The predicted octanol–water partition coefficient (Wildman–Crippen LogP) is 0.958. The third-order valence-corrected chi connectivity index (χ3v) is 3.42. The maximum Gasteiger partial charge on any atom is 0.243 e. The number of nitrogens with zero attached hydrogens (tertiary/aromatic N) is 4. The second-order valence-electron chi connectivity index (χ2n) is 3.65. The fourth-order valence-corrected chi connectivity index (χ4v) is 2.22. The van der Waals surface area contributed by atoms with E-state index >= 15 is 0 Å². The highest BCUT2D eigenvalue weighted by molar-refractivity contribution is 7.09. The van der Waals surface area contributed by atoms with Crippen molar-refractivity contribution < 1.29 is 9.94 Å². The van der Waals surface area contributed by atoms with Gasteiger partial charge in [-0.05, 0) is 6.92 Å². The third kappa shape index (κ3) is 3.16. The minimum atomic E-state index is -0.128. The molecule has 100 valence electrons. The summed E-state index contributed by atoms with van der Waals surface area (Å²) in [5, 5.41) is 11.6. The molecule has 0 spiro atoms. The number of hydrogen-bond donors (Lipinski definition) is 2. The zero-order valence-electron chi connectivity index (χ0n) is 10.3. The van der Waals surface area contributed by atoms with Crippen molar-refractivity contribution in [2.75, 3.05) is 6.61 Å². The molecule has 2 aromatic heterocycles. The van der Waals surface area contributed by atoms with Crippen LogP contribution in [0.2, 0.25) is 0 Å². The van der Waals surface area contributed by atoms with Gasteiger partial charge in [0.1, 0.15) is 0 Å². The van der Waals surface area contributed by atoms with Gasteiger partial charge in [-0.25, -0.2) is 15.0 Å². The number of aryl methyl sites for hydroxylation is 1. The molecule has 0 saturated carbocycles. The summed E-state index contributed by atoms with van der Waals surface area (Å²) >= 11 is 1.58. The average molecular weight is 279 g/mol. The minimum absolute atomic E-state index is 0.128. The van der Waals surface area contributed by atoms with Crippen molar-refractivity contribution in [3.8, 4) is 5.88 Å². The zero-order valence-corrected chi connectivity index (χ0v) is 11.1. The fraction of sp³-hybridized carbons (Fsp3) is 0.273. The van der Waals surface area contributed by atoms with Crippen molar-refractivity contribution in [2.45, 2.75) is 13.3 Å². The van der Waals surface area contributed by atoms with Gasteiger partial charge in [0, 0.05) is 23.7 Å². The first-order chi connectivity index (χ1) is 9.22. The number of nitrogens with two attached hydrogens (primary N) is 1. The molecule has 0 amide bonds. The maximum atomic E-state index is 8.66. The SMILES string of the molecule is Cc1ncsc1CCOc1nccnc1C(N)=NO. The van der Waals surface area contributed by atoms with E-state index in [9.17, 15) is 0 Å². The Morgan fingerprint density at radius 1 is 1.42 bits per heavy atom. The van der Waals surface area contributed by atoms with Crippen LogP contribution in [0.25, 0.3) is 0 Å². The predicted molar refractivity (Wildman–Crippen MR) is 70.6 cm³/mol. The van der Waals surface area contributed by atoms with Gasteiger partial charge in [-0.15, -0.1) is 11.3 Å². The van der Waals surface area contributed by atoms with Crippen molar-refractivity contribution in [2.24, 2.45) is 10.9 Å². The standard InChI is InChI=1S/C11H13N5O2S/c1-7-8(19-6-15-7)2-5-18-11-9(10(12)16-17)13-3-4-14-11/h3-4,6,17H,2,5H2,1H3,(H2,12,16). The van der Waals surface area contributed by atoms with Crippen molar-refractivity contribution in [3.05, 3.63) is 34.2 Å². The molecule has 0 atom stereocenters. The normalized spacial score (nSPS) is 11.5. The Labute approximate surface area is 113 Å². The molecule has 8 heteroatoms. The zero-order chi connectivity index (χ0) is 13.7. The summed E-state index contributed by atoms with van der Waals surface area (Å²) < 4.78 is 5.52. The van der Waals surface area contributed by atoms with Gasteiger partial charge in [0.2, 0.25) is 5.88 Å². The molecule has 0 saturated heterocycles. The number of amidine groups is 1. The van der Waals surface area contributed by atoms with Crippen LogP contribution in [0.4, 0.5) is 0 Å². The summed E-state index contributed by atoms with van der Waals surface area (Å²) in [6, 6.07) is 0. The lowest BCUT2D eigenvalue weighted by atomic mass is 10.3. The van der Waals surface area contributed by atoms with Crippen molar-refractivity contribution in [1.82, 2.24) is 15.0 Å². The lowest BCUT2D eigenvalue weighted by Crippen LogP contribution is -2.18. The Bertz CT molecular complexity index is 584. The highest BCUT2D eigenvalue weighted by Gasteiger charge is 2.11. The van der Waals surface area contributed by atoms with E-state index in [0.29, 0.717) is 6.61 Å². The molecule has 2 rings (SSSR count). The Morgan fingerprint density at radius 3 is 2.89 bits per heavy atom. The summed E-state index contributed by atoms with van der Waals surface area (Å²) in [7, 11) is 0. The van der Waals surface area contributed by atoms with Crippen LogP contribution >= 0.6 is 11.3 Å². The first-order valence-electron chi connectivity index (χ1n) is 5.53. The van der Waals surface area contributed by atoms with Gasteiger partial charge < -0.3 is 15.7 Å². The second kappa shape index (κ2) is 6.10. The fourth-order valence-electron chi connectivity index (χ4n) is 1.46. The Balaban J connectivity index is 2.02. The summed E-state index contributed by atoms with van der Waals surface area (Å²) in [5.74, 6) is 0.122. The molecule has 2 aromatic rings. The highest BCUT2D eigenvalue weighted by Crippen LogP contribution is 2.15. The molecular formula is C11H13N5O2S. The Morgan fingerprint density at radius 2 is 2.21 bits per heavy atom. The van der Waals surface area contributed by atoms with Gasteiger partial charge >= 0.3 is 0 Å². The second-order valence-corrected chi connectivity index (χ2v) is 4.59. The van der Waals surface area contributed by atoms with Crippen molar-refractivity contribution in [1.29, 1.82) is 0 Å². The molecule has 0 radical (unpaired) electrons. The van der Waals surface area contributed by atoms with E-state index in [-0.39, 0.29) is 17.4 Å². The number of ether oxygens (including phenoxy) is 1. The van der Waals surface area contributed by atoms with Gasteiger partial charge in [-0.3, -0.25) is 0 Å². The van der Waals surface area contributed by atoms with E-state index in [1.54, 1.807) is 16.8 Å². The molecular weight excluding hydrogens is 266 g/mol. The van der Waals surface area contributed by atoms with Gasteiger partial charge in [0.25, 0.3) is 0 Å². The van der Waals surface area contributed by atoms with Crippen LogP contribution < -0.4 is 10.5 Å². The van der Waals surface area contributed by atoms with Crippen molar-refractivity contribution in [3.63, 3.8) is 0 Å². The van der Waals surface area contributed by atoms with Crippen LogP contribution in [0.1, 0.15) is 16.3 Å². The average Bonchev–Trinajstić information content (AvgIpc) is 2.84. The molecule has 3 N–H and O–H groups in total. The van der Waals surface area contributed by atoms with Crippen LogP contribution in [0.5, 0.6) is 5.88 Å². The summed E-state index contributed by atoms with van der Waals surface area (Å²) in [4.78, 5) is 13.3. The van der Waals surface area contributed by atoms with Crippen LogP contribution in [0.15, 0.2) is 23.1 Å². The molecule has 0 fully saturated rings. The maximum absolute atomic E-state index is 8.66. The molecule has 19 heavy (non-hydrogen) atoms. The van der Waals surface area contributed by atoms with Gasteiger partial charge in [0.15, 0.2) is 11.5 Å².